The SMILES string of the molecule is CCC1(C(=O)O)CCN(C(=O)N2CCCC2(C)C)CC1. The summed E-state index contributed by atoms with van der Waals surface area (Å²) in [5.74, 6) is -0.714. The number of rotatable bonds is 2. The summed E-state index contributed by atoms with van der Waals surface area (Å²) in [6.07, 6.45) is 3.87. The zero-order valence-electron chi connectivity index (χ0n) is 12.8. The fourth-order valence-corrected chi connectivity index (χ4v) is 3.48. The molecule has 0 saturated carbocycles. The van der Waals surface area contributed by atoms with E-state index in [1.807, 2.05) is 16.7 Å². The second kappa shape index (κ2) is 5.26. The molecule has 0 aromatic rings. The van der Waals surface area contributed by atoms with E-state index in [-0.39, 0.29) is 11.6 Å². The maximum absolute atomic E-state index is 12.6. The molecule has 0 radical (unpaired) electrons. The van der Waals surface area contributed by atoms with E-state index in [9.17, 15) is 14.7 Å². The Kier molecular flexibility index (Phi) is 3.98. The lowest BCUT2D eigenvalue weighted by Gasteiger charge is -2.42. The summed E-state index contributed by atoms with van der Waals surface area (Å²) in [4.78, 5) is 27.8. The first-order valence-corrected chi connectivity index (χ1v) is 7.62. The van der Waals surface area contributed by atoms with E-state index in [1.54, 1.807) is 0 Å². The van der Waals surface area contributed by atoms with Gasteiger partial charge >= 0.3 is 12.0 Å². The van der Waals surface area contributed by atoms with Crippen molar-refractivity contribution in [1.82, 2.24) is 9.80 Å². The van der Waals surface area contributed by atoms with Gasteiger partial charge in [-0.3, -0.25) is 4.79 Å². The molecule has 0 aromatic carbocycles. The molecule has 20 heavy (non-hydrogen) atoms. The lowest BCUT2D eigenvalue weighted by molar-refractivity contribution is -0.152. The van der Waals surface area contributed by atoms with Crippen LogP contribution in [0, 0.1) is 5.41 Å². The Morgan fingerprint density at radius 2 is 1.70 bits per heavy atom. The topological polar surface area (TPSA) is 60.9 Å². The molecule has 0 aromatic heterocycles. The van der Waals surface area contributed by atoms with E-state index in [2.05, 4.69) is 13.8 Å². The van der Waals surface area contributed by atoms with Crippen molar-refractivity contribution in [3.05, 3.63) is 0 Å². The molecule has 0 bridgehead atoms. The minimum Gasteiger partial charge on any atom is -0.481 e. The number of carboxylic acid groups (broad SMARTS) is 1. The average Bonchev–Trinajstić information content (AvgIpc) is 2.77. The van der Waals surface area contributed by atoms with Crippen LogP contribution in [0.5, 0.6) is 0 Å². The molecule has 0 aliphatic carbocycles. The molecule has 2 saturated heterocycles. The van der Waals surface area contributed by atoms with Gasteiger partial charge < -0.3 is 14.9 Å². The third kappa shape index (κ3) is 2.50. The van der Waals surface area contributed by atoms with Crippen LogP contribution in [0.3, 0.4) is 0 Å². The molecule has 2 amide bonds. The number of likely N-dealkylation sites (tertiary alicyclic amines) is 2. The van der Waals surface area contributed by atoms with Gasteiger partial charge in [0.15, 0.2) is 0 Å². The number of nitrogens with zero attached hydrogens (tertiary/aromatic N) is 2. The van der Waals surface area contributed by atoms with Crippen LogP contribution in [0.1, 0.15) is 52.9 Å². The van der Waals surface area contributed by atoms with Gasteiger partial charge in [-0.1, -0.05) is 6.92 Å². The third-order valence-corrected chi connectivity index (χ3v) is 5.25. The molecule has 1 N–H and O–H groups in total. The van der Waals surface area contributed by atoms with Crippen LogP contribution in [-0.4, -0.2) is 52.1 Å². The van der Waals surface area contributed by atoms with Crippen molar-refractivity contribution in [2.45, 2.75) is 58.4 Å². The van der Waals surface area contributed by atoms with Gasteiger partial charge in [0, 0.05) is 25.2 Å². The summed E-state index contributed by atoms with van der Waals surface area (Å²) in [6, 6.07) is 0.0857. The summed E-state index contributed by atoms with van der Waals surface area (Å²) >= 11 is 0. The molecule has 2 aliphatic heterocycles. The van der Waals surface area contributed by atoms with E-state index in [1.165, 1.54) is 0 Å². The van der Waals surface area contributed by atoms with Gasteiger partial charge in [0.1, 0.15) is 0 Å². The van der Waals surface area contributed by atoms with Crippen LogP contribution in [0.25, 0.3) is 0 Å². The molecule has 0 unspecified atom stereocenters. The number of carbonyl (C=O) groups is 2. The molecule has 5 heteroatoms. The number of aliphatic carboxylic acids is 1. The number of carbonyl (C=O) groups excluding carboxylic acids is 1. The van der Waals surface area contributed by atoms with Gasteiger partial charge in [-0.25, -0.2) is 4.79 Å². The van der Waals surface area contributed by atoms with Crippen molar-refractivity contribution >= 4 is 12.0 Å². The number of piperidine rings is 1. The zero-order valence-corrected chi connectivity index (χ0v) is 12.8. The number of hydrogen-bond donors (Lipinski definition) is 1. The Morgan fingerprint density at radius 3 is 2.10 bits per heavy atom. The standard InChI is InChI=1S/C15H26N2O3/c1-4-15(12(18)19)7-10-16(11-8-15)13(20)17-9-5-6-14(17,2)3/h4-11H2,1-3H3,(H,18,19). The second-order valence-electron chi connectivity index (χ2n) is 6.78. The van der Waals surface area contributed by atoms with Crippen LogP contribution in [0.4, 0.5) is 4.79 Å². The van der Waals surface area contributed by atoms with Crippen molar-refractivity contribution in [3.63, 3.8) is 0 Å². The Bertz CT molecular complexity index is 398. The van der Waals surface area contributed by atoms with E-state index in [0.717, 1.165) is 19.4 Å². The average molecular weight is 282 g/mol. The normalized spacial score (nSPS) is 24.8. The highest BCUT2D eigenvalue weighted by molar-refractivity contribution is 5.78. The minimum absolute atomic E-state index is 0.0663. The van der Waals surface area contributed by atoms with Crippen LogP contribution in [-0.2, 0) is 4.79 Å². The quantitative estimate of drug-likeness (QED) is 0.846. The number of amides is 2. The lowest BCUT2D eigenvalue weighted by atomic mass is 9.76. The Labute approximate surface area is 120 Å². The highest BCUT2D eigenvalue weighted by atomic mass is 16.4. The van der Waals surface area contributed by atoms with E-state index in [0.29, 0.717) is 32.4 Å². The summed E-state index contributed by atoms with van der Waals surface area (Å²) in [5.41, 5.74) is -0.694. The van der Waals surface area contributed by atoms with Crippen molar-refractivity contribution in [2.75, 3.05) is 19.6 Å². The highest BCUT2D eigenvalue weighted by Gasteiger charge is 2.43. The van der Waals surface area contributed by atoms with E-state index >= 15 is 0 Å². The Morgan fingerprint density at radius 1 is 1.10 bits per heavy atom. The predicted octanol–water partition coefficient (Wildman–Crippen LogP) is 2.56. The first-order chi connectivity index (χ1) is 9.32. The lowest BCUT2D eigenvalue weighted by Crippen LogP contribution is -2.54. The first-order valence-electron chi connectivity index (χ1n) is 7.62. The molecular weight excluding hydrogens is 256 g/mol. The van der Waals surface area contributed by atoms with Crippen LogP contribution in [0.15, 0.2) is 0 Å². The molecular formula is C15H26N2O3. The van der Waals surface area contributed by atoms with Gasteiger partial charge in [0.25, 0.3) is 0 Å². The van der Waals surface area contributed by atoms with Gasteiger partial charge in [0.2, 0.25) is 0 Å². The minimum atomic E-state index is -0.714. The van der Waals surface area contributed by atoms with Gasteiger partial charge in [-0.05, 0) is 46.0 Å². The largest absolute Gasteiger partial charge is 0.481 e. The van der Waals surface area contributed by atoms with Crippen LogP contribution in [0.2, 0.25) is 0 Å². The summed E-state index contributed by atoms with van der Waals surface area (Å²) in [6.45, 7) is 8.08. The maximum atomic E-state index is 12.6. The van der Waals surface area contributed by atoms with Gasteiger partial charge in [-0.2, -0.15) is 0 Å². The summed E-state index contributed by atoms with van der Waals surface area (Å²) in [5, 5.41) is 9.39. The zero-order chi connectivity index (χ0) is 15.0. The fourth-order valence-electron chi connectivity index (χ4n) is 3.48. The third-order valence-electron chi connectivity index (χ3n) is 5.25. The molecule has 2 heterocycles. The van der Waals surface area contributed by atoms with Crippen molar-refractivity contribution in [1.29, 1.82) is 0 Å². The Balaban J connectivity index is 2.00. The first kappa shape index (κ1) is 15.1. The summed E-state index contributed by atoms with van der Waals surface area (Å²) in [7, 11) is 0. The maximum Gasteiger partial charge on any atom is 0.320 e. The molecule has 0 atom stereocenters. The smallest absolute Gasteiger partial charge is 0.320 e. The molecule has 0 spiro atoms. The molecule has 2 fully saturated rings. The van der Waals surface area contributed by atoms with Crippen molar-refractivity contribution in [3.8, 4) is 0 Å². The Hall–Kier alpha value is -1.26. The van der Waals surface area contributed by atoms with E-state index < -0.39 is 11.4 Å². The predicted molar refractivity (Wildman–Crippen MR) is 76.6 cm³/mol. The number of urea groups is 1. The molecule has 2 rings (SSSR count). The molecule has 114 valence electrons. The van der Waals surface area contributed by atoms with Crippen molar-refractivity contribution in [2.24, 2.45) is 5.41 Å². The highest BCUT2D eigenvalue weighted by Crippen LogP contribution is 2.36. The van der Waals surface area contributed by atoms with Crippen LogP contribution < -0.4 is 0 Å². The molecule has 5 nitrogen and oxygen atoms in total. The van der Waals surface area contributed by atoms with Crippen molar-refractivity contribution < 1.29 is 14.7 Å². The van der Waals surface area contributed by atoms with Gasteiger partial charge in [-0.15, -0.1) is 0 Å². The number of hydrogen-bond acceptors (Lipinski definition) is 2. The molecule has 2 aliphatic rings. The van der Waals surface area contributed by atoms with Crippen LogP contribution >= 0.6 is 0 Å². The van der Waals surface area contributed by atoms with E-state index in [4.69, 9.17) is 0 Å². The summed E-state index contributed by atoms with van der Waals surface area (Å²) < 4.78 is 0. The van der Waals surface area contributed by atoms with Gasteiger partial charge in [0.05, 0.1) is 5.41 Å². The monoisotopic (exact) mass is 282 g/mol. The number of carboxylic acids is 1. The fraction of sp³-hybridized carbons (Fsp3) is 0.867. The second-order valence-corrected chi connectivity index (χ2v) is 6.78.